The number of piperazine rings is 1. The van der Waals surface area contributed by atoms with Gasteiger partial charge in [0, 0.05) is 32.7 Å². The molecule has 0 atom stereocenters. The first-order valence-electron chi connectivity index (χ1n) is 6.67. The predicted molar refractivity (Wildman–Crippen MR) is 84.4 cm³/mol. The molecule has 1 aromatic carbocycles. The van der Waals surface area contributed by atoms with Gasteiger partial charge >= 0.3 is 0 Å². The third-order valence-electron chi connectivity index (χ3n) is 3.31. The third-order valence-corrected chi connectivity index (χ3v) is 3.62. The Morgan fingerprint density at radius 3 is 2.71 bits per heavy atom. The van der Waals surface area contributed by atoms with Gasteiger partial charge in [0.15, 0.2) is 0 Å². The summed E-state index contributed by atoms with van der Waals surface area (Å²) in [5.41, 5.74) is 0.808. The van der Waals surface area contributed by atoms with Crippen LogP contribution in [0.1, 0.15) is 5.56 Å². The smallest absolute Gasteiger partial charge is 0.236 e. The zero-order chi connectivity index (χ0) is 14.5. The number of carbonyl (C=O) groups excluding carboxylic acids is 1. The van der Waals surface area contributed by atoms with Crippen LogP contribution in [0.15, 0.2) is 18.2 Å². The second-order valence-corrected chi connectivity index (χ2v) is 5.46. The van der Waals surface area contributed by atoms with Gasteiger partial charge in [-0.25, -0.2) is 4.39 Å². The molecule has 1 heterocycles. The van der Waals surface area contributed by atoms with E-state index >= 15 is 0 Å². The molecular formula is C14H20Cl2FN3O. The van der Waals surface area contributed by atoms with E-state index in [2.05, 4.69) is 5.32 Å². The Morgan fingerprint density at radius 1 is 1.43 bits per heavy atom. The topological polar surface area (TPSA) is 35.6 Å². The maximum Gasteiger partial charge on any atom is 0.236 e. The van der Waals surface area contributed by atoms with Crippen LogP contribution in [0.3, 0.4) is 0 Å². The number of nitrogens with one attached hydrogen (secondary N) is 1. The van der Waals surface area contributed by atoms with Crippen molar-refractivity contribution >= 4 is 29.9 Å². The highest BCUT2D eigenvalue weighted by Gasteiger charge is 2.17. The highest BCUT2D eigenvalue weighted by molar-refractivity contribution is 6.30. The Balaban J connectivity index is 0.00000220. The van der Waals surface area contributed by atoms with Crippen molar-refractivity contribution in [3.8, 4) is 0 Å². The van der Waals surface area contributed by atoms with Crippen molar-refractivity contribution in [2.45, 2.75) is 6.54 Å². The Hall–Kier alpha value is -0.880. The molecule has 1 saturated heterocycles. The molecule has 0 aromatic heterocycles. The Bertz CT molecular complexity index is 481. The van der Waals surface area contributed by atoms with Gasteiger partial charge in [0.25, 0.3) is 0 Å². The summed E-state index contributed by atoms with van der Waals surface area (Å²) < 4.78 is 13.4. The quantitative estimate of drug-likeness (QED) is 0.910. The Kier molecular flexibility index (Phi) is 7.39. The van der Waals surface area contributed by atoms with Gasteiger partial charge in [-0.1, -0.05) is 17.7 Å². The van der Waals surface area contributed by atoms with Gasteiger partial charge in [0.1, 0.15) is 5.82 Å². The van der Waals surface area contributed by atoms with Crippen molar-refractivity contribution in [3.05, 3.63) is 34.6 Å². The molecule has 0 spiro atoms. The minimum absolute atomic E-state index is 0. The first kappa shape index (κ1) is 18.2. The Labute approximate surface area is 135 Å². The van der Waals surface area contributed by atoms with E-state index in [1.165, 1.54) is 12.1 Å². The third kappa shape index (κ3) is 5.43. The van der Waals surface area contributed by atoms with Gasteiger partial charge in [-0.2, -0.15) is 0 Å². The standard InChI is InChI=1S/C14H19ClFN3O.ClH/c1-18(9-11-2-3-12(15)13(16)8-11)10-14(20)19-6-4-17-5-7-19;/h2-3,8,17H,4-7,9-10H2,1H3;1H. The van der Waals surface area contributed by atoms with Crippen molar-refractivity contribution in [2.75, 3.05) is 39.8 Å². The number of nitrogens with zero attached hydrogens (tertiary/aromatic N) is 2. The van der Waals surface area contributed by atoms with Gasteiger partial charge in [-0.05, 0) is 24.7 Å². The number of amides is 1. The number of hydrogen-bond donors (Lipinski definition) is 1. The number of rotatable bonds is 4. The molecule has 1 aliphatic rings. The van der Waals surface area contributed by atoms with E-state index in [9.17, 15) is 9.18 Å². The summed E-state index contributed by atoms with van der Waals surface area (Å²) in [6.45, 7) is 4.05. The molecule has 7 heteroatoms. The van der Waals surface area contributed by atoms with Crippen LogP contribution in [0, 0.1) is 5.82 Å². The lowest BCUT2D eigenvalue weighted by Crippen LogP contribution is -2.49. The van der Waals surface area contributed by atoms with E-state index in [0.29, 0.717) is 13.1 Å². The fourth-order valence-corrected chi connectivity index (χ4v) is 2.37. The minimum atomic E-state index is -0.425. The van der Waals surface area contributed by atoms with Gasteiger partial charge in [0.05, 0.1) is 11.6 Å². The lowest BCUT2D eigenvalue weighted by molar-refractivity contribution is -0.132. The van der Waals surface area contributed by atoms with Gasteiger partial charge in [-0.15, -0.1) is 12.4 Å². The molecule has 1 amide bonds. The minimum Gasteiger partial charge on any atom is -0.339 e. The predicted octanol–water partition coefficient (Wildman–Crippen LogP) is 1.76. The van der Waals surface area contributed by atoms with E-state index in [1.54, 1.807) is 6.07 Å². The normalized spacial score (nSPS) is 15.0. The molecule has 0 saturated carbocycles. The van der Waals surface area contributed by atoms with Crippen LogP contribution in [-0.2, 0) is 11.3 Å². The van der Waals surface area contributed by atoms with Crippen molar-refractivity contribution in [2.24, 2.45) is 0 Å². The fourth-order valence-electron chi connectivity index (χ4n) is 2.25. The first-order valence-corrected chi connectivity index (χ1v) is 7.05. The summed E-state index contributed by atoms with van der Waals surface area (Å²) in [4.78, 5) is 15.8. The second-order valence-electron chi connectivity index (χ2n) is 5.05. The number of likely N-dealkylation sites (N-methyl/N-ethyl adjacent to an activating group) is 1. The zero-order valence-corrected chi connectivity index (χ0v) is 13.5. The van der Waals surface area contributed by atoms with Crippen LogP contribution >= 0.6 is 24.0 Å². The van der Waals surface area contributed by atoms with Crippen LogP contribution in [0.5, 0.6) is 0 Å². The summed E-state index contributed by atoms with van der Waals surface area (Å²) in [6.07, 6.45) is 0. The summed E-state index contributed by atoms with van der Waals surface area (Å²) in [7, 11) is 1.85. The lowest BCUT2D eigenvalue weighted by Gasteiger charge is -2.29. The Morgan fingerprint density at radius 2 is 2.10 bits per heavy atom. The maximum absolute atomic E-state index is 13.4. The average Bonchev–Trinajstić information content (AvgIpc) is 2.44. The number of halogens is 3. The highest BCUT2D eigenvalue weighted by atomic mass is 35.5. The van der Waals surface area contributed by atoms with E-state index < -0.39 is 5.82 Å². The van der Waals surface area contributed by atoms with E-state index in [1.807, 2.05) is 16.8 Å². The summed E-state index contributed by atoms with van der Waals surface area (Å²) in [6, 6.07) is 4.73. The molecule has 4 nitrogen and oxygen atoms in total. The molecule has 1 N–H and O–H groups in total. The van der Waals surface area contributed by atoms with Gasteiger partial charge in [-0.3, -0.25) is 9.69 Å². The average molecular weight is 336 g/mol. The zero-order valence-electron chi connectivity index (χ0n) is 11.9. The summed E-state index contributed by atoms with van der Waals surface area (Å²) in [5.74, 6) is -0.311. The van der Waals surface area contributed by atoms with Crippen molar-refractivity contribution in [1.82, 2.24) is 15.1 Å². The largest absolute Gasteiger partial charge is 0.339 e. The molecule has 1 aromatic rings. The van der Waals surface area contributed by atoms with Gasteiger partial charge in [0.2, 0.25) is 5.91 Å². The fraction of sp³-hybridized carbons (Fsp3) is 0.500. The first-order chi connectivity index (χ1) is 9.56. The molecular weight excluding hydrogens is 316 g/mol. The van der Waals surface area contributed by atoms with Crippen LogP contribution in [-0.4, -0.2) is 55.5 Å². The van der Waals surface area contributed by atoms with Crippen LogP contribution < -0.4 is 5.32 Å². The molecule has 0 radical (unpaired) electrons. The number of carbonyl (C=O) groups is 1. The van der Waals surface area contributed by atoms with Gasteiger partial charge < -0.3 is 10.2 Å². The van der Waals surface area contributed by atoms with Crippen molar-refractivity contribution in [3.63, 3.8) is 0 Å². The molecule has 1 fully saturated rings. The maximum atomic E-state index is 13.4. The number of benzene rings is 1. The molecule has 118 valence electrons. The number of hydrogen-bond acceptors (Lipinski definition) is 3. The SMILES string of the molecule is CN(CC(=O)N1CCNCC1)Cc1ccc(Cl)c(F)c1.Cl. The molecule has 0 bridgehead atoms. The molecule has 1 aliphatic heterocycles. The van der Waals surface area contributed by atoms with Crippen molar-refractivity contribution in [1.29, 1.82) is 0 Å². The summed E-state index contributed by atoms with van der Waals surface area (Å²) in [5, 5.41) is 3.33. The van der Waals surface area contributed by atoms with E-state index in [0.717, 1.165) is 31.7 Å². The molecule has 0 unspecified atom stereocenters. The van der Waals surface area contributed by atoms with Crippen LogP contribution in [0.4, 0.5) is 4.39 Å². The second kappa shape index (κ2) is 8.54. The lowest BCUT2D eigenvalue weighted by atomic mass is 10.2. The summed E-state index contributed by atoms with van der Waals surface area (Å²) >= 11 is 5.65. The molecule has 2 rings (SSSR count). The van der Waals surface area contributed by atoms with Crippen LogP contribution in [0.2, 0.25) is 5.02 Å². The molecule has 0 aliphatic carbocycles. The van der Waals surface area contributed by atoms with E-state index in [4.69, 9.17) is 11.6 Å². The highest BCUT2D eigenvalue weighted by Crippen LogP contribution is 2.16. The van der Waals surface area contributed by atoms with E-state index in [-0.39, 0.29) is 23.3 Å². The van der Waals surface area contributed by atoms with Crippen molar-refractivity contribution < 1.29 is 9.18 Å². The molecule has 21 heavy (non-hydrogen) atoms. The van der Waals surface area contributed by atoms with Crippen LogP contribution in [0.25, 0.3) is 0 Å². The monoisotopic (exact) mass is 335 g/mol.